The van der Waals surface area contributed by atoms with Gasteiger partial charge in [0.1, 0.15) is 13.8 Å². The van der Waals surface area contributed by atoms with Crippen molar-refractivity contribution in [3.8, 4) is 22.6 Å². The molecule has 1 aromatic carbocycles. The summed E-state index contributed by atoms with van der Waals surface area (Å²) in [7, 11) is -1.50. The van der Waals surface area contributed by atoms with Crippen molar-refractivity contribution in [3.63, 3.8) is 0 Å². The van der Waals surface area contributed by atoms with Crippen molar-refractivity contribution < 1.29 is 4.92 Å². The Hall–Kier alpha value is -2.39. The molecule has 0 atom stereocenters. The van der Waals surface area contributed by atoms with Crippen molar-refractivity contribution in [2.24, 2.45) is 0 Å². The summed E-state index contributed by atoms with van der Waals surface area (Å²) in [5, 5.41) is 15.4. The first-order valence-electron chi connectivity index (χ1n) is 7.65. The Bertz CT molecular complexity index is 762. The summed E-state index contributed by atoms with van der Waals surface area (Å²) in [4.78, 5) is 10.4. The number of non-ortho nitro benzene ring substituents is 1. The number of hydrogen-bond acceptors (Lipinski definition) is 3. The number of rotatable bonds is 4. The summed E-state index contributed by atoms with van der Waals surface area (Å²) in [5.41, 5.74) is 6.00. The van der Waals surface area contributed by atoms with Gasteiger partial charge in [-0.25, -0.2) is 0 Å². The van der Waals surface area contributed by atoms with Crippen molar-refractivity contribution in [2.75, 3.05) is 0 Å². The second-order valence-corrected chi connectivity index (χ2v) is 11.2. The molecule has 2 aromatic rings. The predicted octanol–water partition coefficient (Wildman–Crippen LogP) is 4.10. The number of aromatic nitrogens is 2. The second kappa shape index (κ2) is 6.80. The van der Waals surface area contributed by atoms with Crippen molar-refractivity contribution in [2.45, 2.75) is 39.5 Å². The molecule has 5 nitrogen and oxygen atoms in total. The average Bonchev–Trinajstić information content (AvgIpc) is 2.88. The van der Waals surface area contributed by atoms with Crippen LogP contribution in [0.5, 0.6) is 0 Å². The third-order valence-corrected chi connectivity index (χ3v) is 4.03. The summed E-state index contributed by atoms with van der Waals surface area (Å²) in [5.74, 6) is 3.21. The molecule has 0 bridgehead atoms. The standard InChI is InChI=1S/C17H21N3O2Si/c1-5-11-19-13-16(17(18-19)10-12-23(2,3)4)14-6-8-15(9-7-14)20(21)22/h6-9,13H,5,11H2,1-4H3. The van der Waals surface area contributed by atoms with Gasteiger partial charge >= 0.3 is 0 Å². The molecule has 0 fully saturated rings. The monoisotopic (exact) mass is 327 g/mol. The maximum absolute atomic E-state index is 10.8. The lowest BCUT2D eigenvalue weighted by Crippen LogP contribution is -2.16. The Labute approximate surface area is 137 Å². The van der Waals surface area contributed by atoms with E-state index in [1.54, 1.807) is 12.1 Å². The maximum atomic E-state index is 10.8. The topological polar surface area (TPSA) is 61.0 Å². The normalized spacial score (nSPS) is 11.0. The lowest BCUT2D eigenvalue weighted by Gasteiger charge is -2.03. The molecule has 120 valence electrons. The van der Waals surface area contributed by atoms with Crippen LogP contribution in [0.15, 0.2) is 30.5 Å². The van der Waals surface area contributed by atoms with Crippen molar-refractivity contribution in [1.82, 2.24) is 9.78 Å². The second-order valence-electron chi connectivity index (χ2n) is 6.46. The van der Waals surface area contributed by atoms with Gasteiger partial charge in [0.15, 0.2) is 0 Å². The Morgan fingerprint density at radius 1 is 1.26 bits per heavy atom. The fourth-order valence-electron chi connectivity index (χ4n) is 2.08. The van der Waals surface area contributed by atoms with E-state index in [2.05, 4.69) is 43.1 Å². The van der Waals surface area contributed by atoms with E-state index < -0.39 is 13.0 Å². The van der Waals surface area contributed by atoms with E-state index in [9.17, 15) is 10.1 Å². The third-order valence-electron chi connectivity index (χ3n) is 3.16. The smallest absolute Gasteiger partial charge is 0.269 e. The Morgan fingerprint density at radius 3 is 2.43 bits per heavy atom. The quantitative estimate of drug-likeness (QED) is 0.368. The van der Waals surface area contributed by atoms with Gasteiger partial charge in [-0.3, -0.25) is 14.8 Å². The van der Waals surface area contributed by atoms with Gasteiger partial charge in [0.25, 0.3) is 5.69 Å². The summed E-state index contributed by atoms with van der Waals surface area (Å²) >= 11 is 0. The van der Waals surface area contributed by atoms with E-state index in [1.807, 2.05) is 10.9 Å². The first kappa shape index (κ1) is 17.0. The third kappa shape index (κ3) is 4.54. The molecule has 0 saturated carbocycles. The van der Waals surface area contributed by atoms with Gasteiger partial charge in [0, 0.05) is 30.4 Å². The summed E-state index contributed by atoms with van der Waals surface area (Å²) < 4.78 is 1.89. The molecule has 0 radical (unpaired) electrons. The van der Waals surface area contributed by atoms with Crippen LogP contribution in [0.1, 0.15) is 19.0 Å². The molecule has 2 rings (SSSR count). The van der Waals surface area contributed by atoms with Gasteiger partial charge in [-0.1, -0.05) is 32.5 Å². The Morgan fingerprint density at radius 2 is 1.91 bits per heavy atom. The van der Waals surface area contributed by atoms with E-state index >= 15 is 0 Å². The first-order chi connectivity index (χ1) is 10.8. The fraction of sp³-hybridized carbons (Fsp3) is 0.353. The molecule has 1 heterocycles. The molecule has 0 aliphatic heterocycles. The first-order valence-corrected chi connectivity index (χ1v) is 11.2. The largest absolute Gasteiger partial charge is 0.271 e. The highest BCUT2D eigenvalue weighted by molar-refractivity contribution is 6.83. The minimum atomic E-state index is -1.50. The van der Waals surface area contributed by atoms with Gasteiger partial charge in [-0.2, -0.15) is 5.10 Å². The van der Waals surface area contributed by atoms with Crippen LogP contribution in [0.3, 0.4) is 0 Å². The van der Waals surface area contributed by atoms with Crippen molar-refractivity contribution in [1.29, 1.82) is 0 Å². The van der Waals surface area contributed by atoms with Crippen LogP contribution < -0.4 is 0 Å². The average molecular weight is 327 g/mol. The predicted molar refractivity (Wildman–Crippen MR) is 94.8 cm³/mol. The zero-order valence-electron chi connectivity index (χ0n) is 14.0. The molecule has 0 unspecified atom stereocenters. The highest BCUT2D eigenvalue weighted by Crippen LogP contribution is 2.25. The van der Waals surface area contributed by atoms with Crippen LogP contribution in [0.2, 0.25) is 19.6 Å². The van der Waals surface area contributed by atoms with E-state index in [4.69, 9.17) is 0 Å². The summed E-state index contributed by atoms with van der Waals surface area (Å²) in [6, 6.07) is 6.54. The number of nitro benzene ring substituents is 1. The molecule has 0 amide bonds. The van der Waals surface area contributed by atoms with Gasteiger partial charge in [0.05, 0.1) is 4.92 Å². The van der Waals surface area contributed by atoms with E-state index in [-0.39, 0.29) is 5.69 Å². The Balaban J connectivity index is 2.46. The molecule has 23 heavy (non-hydrogen) atoms. The summed E-state index contributed by atoms with van der Waals surface area (Å²) in [6.07, 6.45) is 2.96. The molecular weight excluding hydrogens is 306 g/mol. The van der Waals surface area contributed by atoms with Gasteiger partial charge < -0.3 is 0 Å². The Kier molecular flexibility index (Phi) is 5.01. The molecule has 6 heteroatoms. The van der Waals surface area contributed by atoms with Crippen LogP contribution >= 0.6 is 0 Å². The van der Waals surface area contributed by atoms with Crippen LogP contribution in [0, 0.1) is 21.6 Å². The molecule has 0 spiro atoms. The van der Waals surface area contributed by atoms with Crippen LogP contribution in [0.4, 0.5) is 5.69 Å². The van der Waals surface area contributed by atoms with Crippen LogP contribution in [-0.2, 0) is 6.54 Å². The minimum absolute atomic E-state index is 0.0874. The maximum Gasteiger partial charge on any atom is 0.269 e. The minimum Gasteiger partial charge on any atom is -0.271 e. The molecule has 1 aromatic heterocycles. The summed E-state index contributed by atoms with van der Waals surface area (Å²) in [6.45, 7) is 9.49. The van der Waals surface area contributed by atoms with Crippen molar-refractivity contribution in [3.05, 3.63) is 46.3 Å². The molecule has 0 N–H and O–H groups in total. The number of benzene rings is 1. The number of nitro groups is 1. The molecule has 0 saturated heterocycles. The molecule has 0 aliphatic rings. The van der Waals surface area contributed by atoms with Gasteiger partial charge in [-0.15, -0.1) is 5.54 Å². The SMILES string of the molecule is CCCn1cc(-c2ccc([N+](=O)[O-])cc2)c(C#C[Si](C)(C)C)n1. The number of aryl methyl sites for hydroxylation is 1. The highest BCUT2D eigenvalue weighted by Gasteiger charge is 2.13. The van der Waals surface area contributed by atoms with E-state index in [1.165, 1.54) is 12.1 Å². The zero-order chi connectivity index (χ0) is 17.0. The highest BCUT2D eigenvalue weighted by atomic mass is 28.3. The van der Waals surface area contributed by atoms with Crippen molar-refractivity contribution >= 4 is 13.8 Å². The lowest BCUT2D eigenvalue weighted by molar-refractivity contribution is -0.384. The van der Waals surface area contributed by atoms with E-state index in [0.717, 1.165) is 29.8 Å². The number of nitrogens with zero attached hydrogens (tertiary/aromatic N) is 3. The van der Waals surface area contributed by atoms with Crippen LogP contribution in [-0.4, -0.2) is 22.8 Å². The fourth-order valence-corrected chi connectivity index (χ4v) is 2.57. The zero-order valence-corrected chi connectivity index (χ0v) is 15.0. The van der Waals surface area contributed by atoms with E-state index in [0.29, 0.717) is 0 Å². The van der Waals surface area contributed by atoms with Crippen LogP contribution in [0.25, 0.3) is 11.1 Å². The number of hydrogen-bond donors (Lipinski definition) is 0. The lowest BCUT2D eigenvalue weighted by atomic mass is 10.1. The molecule has 0 aliphatic carbocycles. The van der Waals surface area contributed by atoms with Gasteiger partial charge in [-0.05, 0) is 24.1 Å². The van der Waals surface area contributed by atoms with Gasteiger partial charge in [0.2, 0.25) is 0 Å². The molecular formula is C17H21N3O2Si.